The van der Waals surface area contributed by atoms with Gasteiger partial charge in [-0.15, -0.1) is 0 Å². The van der Waals surface area contributed by atoms with Crippen LogP contribution >= 0.6 is 0 Å². The summed E-state index contributed by atoms with van der Waals surface area (Å²) in [4.78, 5) is 69.9. The zero-order chi connectivity index (χ0) is 38.9. The van der Waals surface area contributed by atoms with Crippen LogP contribution in [0.1, 0.15) is 81.5 Å². The molecule has 0 aliphatic carbocycles. The third kappa shape index (κ3) is 27.0. The zero-order valence-corrected chi connectivity index (χ0v) is 30.8. The van der Waals surface area contributed by atoms with Gasteiger partial charge in [-0.25, -0.2) is 9.59 Å². The van der Waals surface area contributed by atoms with Gasteiger partial charge in [0.2, 0.25) is 23.6 Å². The highest BCUT2D eigenvalue weighted by Gasteiger charge is 2.20. The number of nitrogens with one attached hydrogen (secondary N) is 4. The number of hydrogen-bond donors (Lipinski definition) is 6. The number of carbonyl (C=O) groups excluding carboxylic acids is 4. The number of amides is 4. The Morgan fingerprint density at radius 1 is 0.585 bits per heavy atom. The highest BCUT2D eigenvalue weighted by Crippen LogP contribution is 2.14. The molecule has 17 nitrogen and oxygen atoms in total. The van der Waals surface area contributed by atoms with Crippen molar-refractivity contribution in [2.24, 2.45) is 0 Å². The predicted octanol–water partition coefficient (Wildman–Crippen LogP) is 1.67. The molecule has 1 unspecified atom stereocenters. The average Bonchev–Trinajstić information content (AvgIpc) is 3.13. The van der Waals surface area contributed by atoms with Crippen LogP contribution < -0.4 is 26.0 Å². The first-order valence-electron chi connectivity index (χ1n) is 18.2. The quantitative estimate of drug-likeness (QED) is 0.0550. The number of ether oxygens (including phenoxy) is 5. The number of carbonyl (C=O) groups is 6. The van der Waals surface area contributed by atoms with Gasteiger partial charge in [0.1, 0.15) is 25.0 Å². The lowest BCUT2D eigenvalue weighted by molar-refractivity contribution is -0.142. The lowest BCUT2D eigenvalue weighted by Gasteiger charge is -2.14. The molecule has 0 spiro atoms. The molecule has 300 valence electrons. The molecular formula is C36H58N4O13. The Morgan fingerprint density at radius 2 is 1.11 bits per heavy atom. The molecule has 0 radical (unpaired) electrons. The lowest BCUT2D eigenvalue weighted by atomic mass is 10.1. The van der Waals surface area contributed by atoms with Gasteiger partial charge in [-0.05, 0) is 50.5 Å². The molecule has 1 aromatic carbocycles. The maximum Gasteiger partial charge on any atom is 0.335 e. The van der Waals surface area contributed by atoms with Crippen LogP contribution in [0.4, 0.5) is 0 Å². The van der Waals surface area contributed by atoms with Crippen LogP contribution in [0.3, 0.4) is 0 Å². The van der Waals surface area contributed by atoms with E-state index in [0.717, 1.165) is 38.5 Å². The molecule has 6 N–H and O–H groups in total. The molecule has 17 heteroatoms. The third-order valence-corrected chi connectivity index (χ3v) is 7.43. The fourth-order valence-corrected chi connectivity index (χ4v) is 4.64. The molecule has 0 bridgehead atoms. The topological polar surface area (TPSA) is 237 Å². The molecule has 1 atom stereocenters. The Hall–Kier alpha value is -4.32. The van der Waals surface area contributed by atoms with E-state index in [4.69, 9.17) is 28.8 Å². The van der Waals surface area contributed by atoms with Crippen LogP contribution in [0.2, 0.25) is 0 Å². The fraction of sp³-hybridized carbons (Fsp3) is 0.667. The van der Waals surface area contributed by atoms with Crippen molar-refractivity contribution in [3.8, 4) is 5.75 Å². The van der Waals surface area contributed by atoms with Gasteiger partial charge >= 0.3 is 11.9 Å². The van der Waals surface area contributed by atoms with Gasteiger partial charge in [0.25, 0.3) is 0 Å². The van der Waals surface area contributed by atoms with Crippen molar-refractivity contribution in [1.29, 1.82) is 0 Å². The Labute approximate surface area is 311 Å². The fourth-order valence-electron chi connectivity index (χ4n) is 4.64. The van der Waals surface area contributed by atoms with Gasteiger partial charge in [0.15, 0.2) is 0 Å². The van der Waals surface area contributed by atoms with Crippen molar-refractivity contribution in [3.05, 3.63) is 29.8 Å². The minimum atomic E-state index is -1.20. The second kappa shape index (κ2) is 31.2. The average molecular weight is 755 g/mol. The number of unbranched alkanes of at least 4 members (excludes halogenated alkanes) is 6. The van der Waals surface area contributed by atoms with E-state index in [1.807, 2.05) is 6.92 Å². The van der Waals surface area contributed by atoms with Crippen molar-refractivity contribution >= 4 is 35.6 Å². The van der Waals surface area contributed by atoms with E-state index in [1.165, 1.54) is 12.1 Å². The van der Waals surface area contributed by atoms with Gasteiger partial charge in [-0.2, -0.15) is 0 Å². The molecule has 53 heavy (non-hydrogen) atoms. The summed E-state index contributed by atoms with van der Waals surface area (Å²) >= 11 is 0. The van der Waals surface area contributed by atoms with E-state index >= 15 is 0 Å². The third-order valence-electron chi connectivity index (χ3n) is 7.43. The molecule has 0 aromatic heterocycles. The van der Waals surface area contributed by atoms with E-state index in [0.29, 0.717) is 38.5 Å². The van der Waals surface area contributed by atoms with Crippen LogP contribution in [0, 0.1) is 0 Å². The number of benzene rings is 1. The van der Waals surface area contributed by atoms with E-state index in [2.05, 4.69) is 21.3 Å². The first kappa shape index (κ1) is 46.7. The molecule has 0 aliphatic heterocycles. The summed E-state index contributed by atoms with van der Waals surface area (Å²) in [7, 11) is 0. The minimum Gasteiger partial charge on any atom is -0.494 e. The number of carboxylic acids is 2. The maximum atomic E-state index is 12.3. The number of hydrogen-bond acceptors (Lipinski definition) is 11. The van der Waals surface area contributed by atoms with Gasteiger partial charge in [0.05, 0.1) is 51.8 Å². The summed E-state index contributed by atoms with van der Waals surface area (Å²) in [6, 6.07) is 5.14. The number of rotatable bonds is 34. The monoisotopic (exact) mass is 754 g/mol. The Morgan fingerprint density at radius 3 is 1.68 bits per heavy atom. The minimum absolute atomic E-state index is 0.0237. The standard InChI is InChI=1S/C36H58N4O13/c1-2-37-33(43)26-51-24-22-50-21-18-39-34(44)27-52-25-23-49-20-17-38-31(41)16-15-30(36(47)48)40-32(42)10-8-6-4-3-5-7-9-19-53-29-13-11-28(12-14-29)35(45)46/h11-14,30H,2-10,15-27H2,1H3,(H,37,43)(H,38,41)(H,39,44)(H,40,42)(H,45,46)(H,47,48). The van der Waals surface area contributed by atoms with E-state index in [-0.39, 0.29) is 101 Å². The maximum absolute atomic E-state index is 12.3. The molecule has 0 fully saturated rings. The number of aliphatic carboxylic acids is 1. The summed E-state index contributed by atoms with van der Waals surface area (Å²) in [5.74, 6) is -2.75. The van der Waals surface area contributed by atoms with E-state index < -0.39 is 18.0 Å². The second-order valence-electron chi connectivity index (χ2n) is 11.9. The summed E-state index contributed by atoms with van der Waals surface area (Å²) in [5.41, 5.74) is 0.217. The summed E-state index contributed by atoms with van der Waals surface area (Å²) in [6.07, 6.45) is 6.46. The van der Waals surface area contributed by atoms with Crippen LogP contribution in [0.25, 0.3) is 0 Å². The first-order chi connectivity index (χ1) is 25.6. The zero-order valence-electron chi connectivity index (χ0n) is 30.8. The number of likely N-dealkylation sites (N-methyl/N-ethyl adjacent to an activating group) is 1. The first-order valence-corrected chi connectivity index (χ1v) is 18.2. The van der Waals surface area contributed by atoms with Gasteiger partial charge in [-0.3, -0.25) is 19.2 Å². The summed E-state index contributed by atoms with van der Waals surface area (Å²) in [6.45, 7) is 4.69. The Kier molecular flexibility index (Phi) is 27.5. The molecule has 0 saturated carbocycles. The summed E-state index contributed by atoms with van der Waals surface area (Å²) in [5, 5.41) is 28.8. The lowest BCUT2D eigenvalue weighted by Crippen LogP contribution is -2.41. The Balaban J connectivity index is 1.96. The van der Waals surface area contributed by atoms with Gasteiger partial charge in [-0.1, -0.05) is 32.1 Å². The predicted molar refractivity (Wildman–Crippen MR) is 193 cm³/mol. The summed E-state index contributed by atoms with van der Waals surface area (Å²) < 4.78 is 26.7. The molecule has 4 amide bonds. The van der Waals surface area contributed by atoms with Crippen LogP contribution in [-0.4, -0.2) is 131 Å². The Bertz CT molecular complexity index is 1200. The molecule has 0 aliphatic rings. The van der Waals surface area contributed by atoms with Crippen LogP contribution in [0.5, 0.6) is 5.75 Å². The van der Waals surface area contributed by atoms with Crippen LogP contribution in [0.15, 0.2) is 24.3 Å². The number of aromatic carboxylic acids is 1. The highest BCUT2D eigenvalue weighted by molar-refractivity contribution is 5.87. The van der Waals surface area contributed by atoms with Crippen molar-refractivity contribution in [3.63, 3.8) is 0 Å². The van der Waals surface area contributed by atoms with Crippen LogP contribution in [-0.2, 0) is 42.9 Å². The second-order valence-corrected chi connectivity index (χ2v) is 11.9. The van der Waals surface area contributed by atoms with Crippen molar-refractivity contribution in [2.45, 2.75) is 77.2 Å². The largest absolute Gasteiger partial charge is 0.494 e. The highest BCUT2D eigenvalue weighted by atomic mass is 16.5. The van der Waals surface area contributed by atoms with Crippen molar-refractivity contribution in [2.75, 3.05) is 79.1 Å². The van der Waals surface area contributed by atoms with Gasteiger partial charge < -0.3 is 55.2 Å². The smallest absolute Gasteiger partial charge is 0.335 e. The van der Waals surface area contributed by atoms with Gasteiger partial charge in [0, 0.05) is 32.5 Å². The molecule has 1 aromatic rings. The van der Waals surface area contributed by atoms with Crippen molar-refractivity contribution < 1.29 is 62.7 Å². The molecule has 1 rings (SSSR count). The van der Waals surface area contributed by atoms with E-state index in [1.54, 1.807) is 12.1 Å². The molecular weight excluding hydrogens is 696 g/mol. The SMILES string of the molecule is CCNC(=O)COCCOCCNC(=O)COCCOCCNC(=O)CCC(NC(=O)CCCCCCCCCOc1ccc(C(=O)O)cc1)C(=O)O. The van der Waals surface area contributed by atoms with Crippen molar-refractivity contribution in [1.82, 2.24) is 21.3 Å². The normalized spacial score (nSPS) is 11.3. The molecule has 0 heterocycles. The van der Waals surface area contributed by atoms with E-state index in [9.17, 15) is 33.9 Å². The molecule has 0 saturated heterocycles. The number of carboxylic acid groups (broad SMARTS) is 2.